The van der Waals surface area contributed by atoms with E-state index in [1.54, 1.807) is 72.8 Å². The van der Waals surface area contributed by atoms with Crippen LogP contribution in [0.4, 0.5) is 0 Å². The average Bonchev–Trinajstić information content (AvgIpc) is 2.90. The zero-order valence-corrected chi connectivity index (χ0v) is 17.9. The van der Waals surface area contributed by atoms with Gasteiger partial charge in [-0.05, 0) is 16.7 Å². The first-order valence-corrected chi connectivity index (χ1v) is 10.6. The van der Waals surface area contributed by atoms with Crippen LogP contribution >= 0.6 is 0 Å². The Morgan fingerprint density at radius 1 is 0.697 bits per heavy atom. The largest absolute Gasteiger partial charge is 0.382 e. The van der Waals surface area contributed by atoms with Gasteiger partial charge in [0.15, 0.2) is 5.60 Å². The quantitative estimate of drug-likeness (QED) is 0.300. The number of aliphatic hydroxyl groups is 2. The number of hydrogen-bond donors (Lipinski definition) is 3. The summed E-state index contributed by atoms with van der Waals surface area (Å²) in [6.07, 6.45) is -1.07. The topological polar surface area (TPSA) is 81.9 Å². The van der Waals surface area contributed by atoms with Crippen molar-refractivity contribution in [3.8, 4) is 0 Å². The molecular weight excluding hydrogens is 412 g/mol. The first-order valence-electron chi connectivity index (χ1n) is 10.6. The predicted octanol–water partition coefficient (Wildman–Crippen LogP) is 4.18. The molecule has 5 heteroatoms. The summed E-state index contributed by atoms with van der Waals surface area (Å²) in [7, 11) is 0. The van der Waals surface area contributed by atoms with Crippen molar-refractivity contribution in [2.24, 2.45) is 5.10 Å². The van der Waals surface area contributed by atoms with Crippen LogP contribution < -0.4 is 5.43 Å². The lowest BCUT2D eigenvalue weighted by molar-refractivity contribution is -0.136. The summed E-state index contributed by atoms with van der Waals surface area (Å²) in [6.45, 7) is 0. The SMILES string of the molecule is O=C(N/N=C(/c1ccccc1)[C@@H](O)c1ccccc1)C(O)(c1ccccc1)c1ccccc1. The smallest absolute Gasteiger partial charge is 0.281 e. The molecule has 0 aliphatic heterocycles. The van der Waals surface area contributed by atoms with E-state index in [4.69, 9.17) is 0 Å². The van der Waals surface area contributed by atoms with Crippen LogP contribution in [-0.2, 0) is 10.4 Å². The molecule has 0 unspecified atom stereocenters. The van der Waals surface area contributed by atoms with Crippen molar-refractivity contribution in [2.75, 3.05) is 0 Å². The average molecular weight is 437 g/mol. The zero-order valence-electron chi connectivity index (χ0n) is 17.9. The molecule has 0 heterocycles. The third-order valence-electron chi connectivity index (χ3n) is 5.43. The summed E-state index contributed by atoms with van der Waals surface area (Å²) < 4.78 is 0. The summed E-state index contributed by atoms with van der Waals surface area (Å²) in [5, 5.41) is 27.0. The minimum Gasteiger partial charge on any atom is -0.382 e. The second-order valence-electron chi connectivity index (χ2n) is 7.56. The molecule has 0 saturated heterocycles. The minimum absolute atomic E-state index is 0.263. The molecule has 4 rings (SSSR count). The van der Waals surface area contributed by atoms with Gasteiger partial charge in [0.05, 0.1) is 0 Å². The van der Waals surface area contributed by atoms with E-state index in [-0.39, 0.29) is 5.71 Å². The number of carbonyl (C=O) groups is 1. The van der Waals surface area contributed by atoms with Gasteiger partial charge in [0.1, 0.15) is 11.8 Å². The van der Waals surface area contributed by atoms with Crippen LogP contribution in [0.2, 0.25) is 0 Å². The molecule has 0 aliphatic carbocycles. The number of hydrazone groups is 1. The van der Waals surface area contributed by atoms with Crippen LogP contribution in [0.1, 0.15) is 28.4 Å². The van der Waals surface area contributed by atoms with Crippen molar-refractivity contribution in [3.63, 3.8) is 0 Å². The van der Waals surface area contributed by atoms with Gasteiger partial charge in [0.2, 0.25) is 0 Å². The molecule has 0 fully saturated rings. The summed E-state index contributed by atoms with van der Waals surface area (Å²) in [6, 6.07) is 35.6. The zero-order chi connectivity index (χ0) is 23.1. The maximum absolute atomic E-state index is 13.4. The molecular formula is C28H24N2O3. The van der Waals surface area contributed by atoms with Gasteiger partial charge in [-0.15, -0.1) is 0 Å². The highest BCUT2D eigenvalue weighted by atomic mass is 16.3. The van der Waals surface area contributed by atoms with E-state index in [1.165, 1.54) is 0 Å². The highest BCUT2D eigenvalue weighted by Crippen LogP contribution is 2.30. The number of hydrogen-bond acceptors (Lipinski definition) is 4. The van der Waals surface area contributed by atoms with E-state index in [0.29, 0.717) is 22.3 Å². The van der Waals surface area contributed by atoms with Gasteiger partial charge in [0.25, 0.3) is 5.91 Å². The van der Waals surface area contributed by atoms with Crippen molar-refractivity contribution in [1.29, 1.82) is 0 Å². The van der Waals surface area contributed by atoms with Crippen LogP contribution in [0.25, 0.3) is 0 Å². The second kappa shape index (κ2) is 10.0. The van der Waals surface area contributed by atoms with E-state index in [2.05, 4.69) is 10.5 Å². The molecule has 4 aromatic carbocycles. The van der Waals surface area contributed by atoms with Crippen LogP contribution in [0, 0.1) is 0 Å². The molecule has 3 N–H and O–H groups in total. The lowest BCUT2D eigenvalue weighted by atomic mass is 9.85. The summed E-state index contributed by atoms with van der Waals surface area (Å²) in [5.74, 6) is -0.728. The fourth-order valence-electron chi connectivity index (χ4n) is 3.67. The number of nitrogens with zero attached hydrogens (tertiary/aromatic N) is 1. The van der Waals surface area contributed by atoms with Crippen molar-refractivity contribution >= 4 is 11.6 Å². The molecule has 0 aromatic heterocycles. The van der Waals surface area contributed by atoms with Crippen LogP contribution in [0.3, 0.4) is 0 Å². The Labute approximate surface area is 192 Å². The fourth-order valence-corrected chi connectivity index (χ4v) is 3.67. The number of benzene rings is 4. The normalized spacial score (nSPS) is 12.7. The van der Waals surface area contributed by atoms with Gasteiger partial charge in [-0.3, -0.25) is 4.79 Å². The maximum atomic E-state index is 13.4. The van der Waals surface area contributed by atoms with Crippen LogP contribution in [0.15, 0.2) is 126 Å². The molecule has 0 saturated carbocycles. The van der Waals surface area contributed by atoms with Crippen molar-refractivity contribution in [1.82, 2.24) is 5.43 Å². The summed E-state index contributed by atoms with van der Waals surface area (Å²) in [5.41, 5.74) is 2.91. The highest BCUT2D eigenvalue weighted by Gasteiger charge is 2.40. The number of aliphatic hydroxyl groups excluding tert-OH is 1. The second-order valence-corrected chi connectivity index (χ2v) is 7.56. The molecule has 33 heavy (non-hydrogen) atoms. The van der Waals surface area contributed by atoms with E-state index < -0.39 is 17.6 Å². The van der Waals surface area contributed by atoms with Crippen molar-refractivity contribution < 1.29 is 15.0 Å². The number of carbonyl (C=O) groups excluding carboxylic acids is 1. The minimum atomic E-state index is -1.97. The van der Waals surface area contributed by atoms with Gasteiger partial charge in [-0.2, -0.15) is 5.10 Å². The van der Waals surface area contributed by atoms with Gasteiger partial charge >= 0.3 is 0 Å². The van der Waals surface area contributed by atoms with E-state index in [9.17, 15) is 15.0 Å². The Kier molecular flexibility index (Phi) is 6.74. The first-order chi connectivity index (χ1) is 16.1. The molecule has 0 aliphatic rings. The van der Waals surface area contributed by atoms with Gasteiger partial charge in [0, 0.05) is 5.56 Å². The molecule has 1 amide bonds. The Bertz CT molecular complexity index is 1170. The van der Waals surface area contributed by atoms with Gasteiger partial charge < -0.3 is 10.2 Å². The number of rotatable bonds is 7. The van der Waals surface area contributed by atoms with Gasteiger partial charge in [-0.25, -0.2) is 5.43 Å². The lowest BCUT2D eigenvalue weighted by Gasteiger charge is -2.27. The molecule has 4 aromatic rings. The molecule has 1 atom stereocenters. The number of amides is 1. The molecule has 0 radical (unpaired) electrons. The fraction of sp³-hybridized carbons (Fsp3) is 0.0714. The maximum Gasteiger partial charge on any atom is 0.281 e. The molecule has 0 spiro atoms. The molecule has 164 valence electrons. The third kappa shape index (κ3) is 4.75. The predicted molar refractivity (Wildman–Crippen MR) is 128 cm³/mol. The van der Waals surface area contributed by atoms with Crippen LogP contribution in [0.5, 0.6) is 0 Å². The highest BCUT2D eigenvalue weighted by molar-refractivity contribution is 6.05. The van der Waals surface area contributed by atoms with E-state index in [0.717, 1.165) is 0 Å². The van der Waals surface area contributed by atoms with E-state index in [1.807, 2.05) is 48.5 Å². The van der Waals surface area contributed by atoms with Crippen molar-refractivity contribution in [2.45, 2.75) is 11.7 Å². The molecule has 5 nitrogen and oxygen atoms in total. The summed E-state index contributed by atoms with van der Waals surface area (Å²) >= 11 is 0. The monoisotopic (exact) mass is 436 g/mol. The standard InChI is InChI=1S/C28H24N2O3/c31-26(22-15-7-2-8-16-22)25(21-13-5-1-6-14-21)29-30-27(32)28(33,23-17-9-3-10-18-23)24-19-11-4-12-20-24/h1-20,26,31,33H,(H,30,32)/b29-25-/t26-/m0/s1. The number of nitrogens with one attached hydrogen (secondary N) is 1. The lowest BCUT2D eigenvalue weighted by Crippen LogP contribution is -2.44. The first kappa shape index (κ1) is 22.1. The Morgan fingerprint density at radius 2 is 1.12 bits per heavy atom. The summed E-state index contributed by atoms with van der Waals surface area (Å²) in [4.78, 5) is 13.4. The Hall–Kier alpha value is -4.06. The van der Waals surface area contributed by atoms with Crippen molar-refractivity contribution in [3.05, 3.63) is 144 Å². The van der Waals surface area contributed by atoms with E-state index >= 15 is 0 Å². The Morgan fingerprint density at radius 3 is 1.61 bits per heavy atom. The third-order valence-corrected chi connectivity index (χ3v) is 5.43. The Balaban J connectivity index is 1.73. The molecule has 0 bridgehead atoms. The van der Waals surface area contributed by atoms with Crippen LogP contribution in [-0.4, -0.2) is 21.8 Å². The van der Waals surface area contributed by atoms with Gasteiger partial charge in [-0.1, -0.05) is 121 Å².